The third kappa shape index (κ3) is 3.49. The number of rotatable bonds is 4. The summed E-state index contributed by atoms with van der Waals surface area (Å²) in [6.07, 6.45) is 0. The first-order chi connectivity index (χ1) is 11.6. The number of benzene rings is 2. The number of halogens is 1. The average Bonchev–Trinajstić information content (AvgIpc) is 2.55. The number of carbonyl (C=O) groups excluding carboxylic acids is 1. The van der Waals surface area contributed by atoms with Gasteiger partial charge in [0.05, 0.1) is 6.61 Å². The van der Waals surface area contributed by atoms with Crippen molar-refractivity contribution >= 4 is 38.5 Å². The molecule has 0 saturated heterocycles. The molecule has 3 aromatic rings. The molecule has 0 fully saturated rings. The summed E-state index contributed by atoms with van der Waals surface area (Å²) >= 11 is 3.35. The van der Waals surface area contributed by atoms with Gasteiger partial charge < -0.3 is 14.5 Å². The number of ether oxygens (including phenoxy) is 1. The lowest BCUT2D eigenvalue weighted by Gasteiger charge is -2.08. The number of nitrogens with one attached hydrogen (secondary N) is 1. The van der Waals surface area contributed by atoms with E-state index >= 15 is 0 Å². The summed E-state index contributed by atoms with van der Waals surface area (Å²) in [7, 11) is 0. The van der Waals surface area contributed by atoms with Crippen molar-refractivity contribution in [2.45, 2.75) is 6.92 Å². The summed E-state index contributed by atoms with van der Waals surface area (Å²) in [5, 5.41) is 3.35. The van der Waals surface area contributed by atoms with Crippen LogP contribution in [0.15, 0.2) is 62.2 Å². The van der Waals surface area contributed by atoms with Crippen LogP contribution in [0, 0.1) is 0 Å². The van der Waals surface area contributed by atoms with Crippen LogP contribution in [-0.2, 0) is 0 Å². The molecule has 0 aliphatic heterocycles. The third-order valence-electron chi connectivity index (χ3n) is 3.34. The summed E-state index contributed by atoms with van der Waals surface area (Å²) < 4.78 is 11.4. The molecule has 24 heavy (non-hydrogen) atoms. The highest BCUT2D eigenvalue weighted by atomic mass is 79.9. The first-order valence-corrected chi connectivity index (χ1v) is 8.14. The Bertz CT molecular complexity index is 965. The zero-order valence-electron chi connectivity index (χ0n) is 12.8. The van der Waals surface area contributed by atoms with Crippen LogP contribution >= 0.6 is 15.9 Å². The summed E-state index contributed by atoms with van der Waals surface area (Å²) in [5.74, 6) is 0.115. The van der Waals surface area contributed by atoms with E-state index in [-0.39, 0.29) is 5.56 Å². The van der Waals surface area contributed by atoms with Gasteiger partial charge in [0.15, 0.2) is 0 Å². The molecule has 122 valence electrons. The van der Waals surface area contributed by atoms with Gasteiger partial charge in [0, 0.05) is 21.6 Å². The molecule has 1 N–H and O–H groups in total. The van der Waals surface area contributed by atoms with Crippen molar-refractivity contribution in [2.75, 3.05) is 11.9 Å². The second kappa shape index (κ2) is 6.88. The topological polar surface area (TPSA) is 68.5 Å². The first-order valence-electron chi connectivity index (χ1n) is 7.34. The zero-order valence-corrected chi connectivity index (χ0v) is 14.4. The van der Waals surface area contributed by atoms with E-state index in [9.17, 15) is 9.59 Å². The third-order valence-corrected chi connectivity index (χ3v) is 3.84. The quantitative estimate of drug-likeness (QED) is 0.680. The lowest BCUT2D eigenvalue weighted by atomic mass is 10.1. The summed E-state index contributed by atoms with van der Waals surface area (Å²) in [5.41, 5.74) is 0.239. The van der Waals surface area contributed by atoms with Crippen molar-refractivity contribution in [1.29, 1.82) is 0 Å². The highest BCUT2D eigenvalue weighted by molar-refractivity contribution is 9.10. The van der Waals surface area contributed by atoms with Gasteiger partial charge in [-0.3, -0.25) is 4.79 Å². The maximum atomic E-state index is 12.4. The molecule has 0 aliphatic rings. The van der Waals surface area contributed by atoms with Crippen molar-refractivity contribution in [1.82, 2.24) is 0 Å². The van der Waals surface area contributed by atoms with Gasteiger partial charge in [-0.15, -0.1) is 0 Å². The van der Waals surface area contributed by atoms with Crippen LogP contribution in [0.5, 0.6) is 5.75 Å². The van der Waals surface area contributed by atoms with Gasteiger partial charge in [-0.2, -0.15) is 0 Å². The standard InChI is InChI=1S/C18H14BrNO4/c1-2-23-14-5-3-4-13(10-14)20-17(21)15-9-11-8-12(19)6-7-16(11)24-18(15)22/h3-10H,2H2,1H3,(H,20,21). The number of fused-ring (bicyclic) bond motifs is 1. The van der Waals surface area contributed by atoms with E-state index in [4.69, 9.17) is 9.15 Å². The maximum Gasteiger partial charge on any atom is 0.349 e. The highest BCUT2D eigenvalue weighted by Crippen LogP contribution is 2.21. The predicted octanol–water partition coefficient (Wildman–Crippen LogP) is 4.21. The van der Waals surface area contributed by atoms with Crippen LogP contribution in [0.3, 0.4) is 0 Å². The second-order valence-electron chi connectivity index (χ2n) is 5.04. The second-order valence-corrected chi connectivity index (χ2v) is 5.96. The van der Waals surface area contributed by atoms with E-state index in [1.54, 1.807) is 42.5 Å². The Hall–Kier alpha value is -2.60. The molecule has 0 spiro atoms. The summed E-state index contributed by atoms with van der Waals surface area (Å²) in [6.45, 7) is 2.41. The molecule has 1 aromatic heterocycles. The van der Waals surface area contributed by atoms with Gasteiger partial charge in [0.2, 0.25) is 0 Å². The van der Waals surface area contributed by atoms with Gasteiger partial charge in [-0.05, 0) is 43.3 Å². The Balaban J connectivity index is 1.92. The molecular weight excluding hydrogens is 374 g/mol. The van der Waals surface area contributed by atoms with Crippen molar-refractivity contribution < 1.29 is 13.9 Å². The van der Waals surface area contributed by atoms with Gasteiger partial charge in [0.1, 0.15) is 16.9 Å². The molecule has 1 heterocycles. The zero-order chi connectivity index (χ0) is 17.1. The molecule has 0 radical (unpaired) electrons. The van der Waals surface area contributed by atoms with Gasteiger partial charge >= 0.3 is 5.63 Å². The van der Waals surface area contributed by atoms with Crippen LogP contribution in [0.1, 0.15) is 17.3 Å². The lowest BCUT2D eigenvalue weighted by Crippen LogP contribution is -2.20. The number of hydrogen-bond acceptors (Lipinski definition) is 4. The van der Waals surface area contributed by atoms with Crippen LogP contribution in [0.25, 0.3) is 11.0 Å². The number of anilines is 1. The van der Waals surface area contributed by atoms with E-state index in [1.807, 2.05) is 6.92 Å². The van der Waals surface area contributed by atoms with E-state index in [0.717, 1.165) is 4.47 Å². The van der Waals surface area contributed by atoms with Gasteiger partial charge in [0.25, 0.3) is 5.91 Å². The molecule has 1 amide bonds. The maximum absolute atomic E-state index is 12.4. The minimum absolute atomic E-state index is 0.0533. The van der Waals surface area contributed by atoms with Crippen LogP contribution in [0.2, 0.25) is 0 Å². The Morgan fingerprint density at radius 2 is 2.04 bits per heavy atom. The van der Waals surface area contributed by atoms with Crippen molar-refractivity contribution in [2.24, 2.45) is 0 Å². The molecule has 3 rings (SSSR count). The SMILES string of the molecule is CCOc1cccc(NC(=O)c2cc3cc(Br)ccc3oc2=O)c1. The molecule has 0 atom stereocenters. The number of hydrogen-bond donors (Lipinski definition) is 1. The number of carbonyl (C=O) groups is 1. The fraction of sp³-hybridized carbons (Fsp3) is 0.111. The minimum atomic E-state index is -0.678. The van der Waals surface area contributed by atoms with E-state index < -0.39 is 11.5 Å². The summed E-state index contributed by atoms with van der Waals surface area (Å²) in [6, 6.07) is 13.7. The van der Waals surface area contributed by atoms with Gasteiger partial charge in [-0.25, -0.2) is 4.79 Å². The molecule has 6 heteroatoms. The fourth-order valence-electron chi connectivity index (χ4n) is 2.28. The molecule has 0 aliphatic carbocycles. The van der Waals surface area contributed by atoms with E-state index in [2.05, 4.69) is 21.2 Å². The normalized spacial score (nSPS) is 10.6. The molecule has 0 saturated carbocycles. The largest absolute Gasteiger partial charge is 0.494 e. The molecule has 2 aromatic carbocycles. The minimum Gasteiger partial charge on any atom is -0.494 e. The van der Waals surface area contributed by atoms with Crippen LogP contribution < -0.4 is 15.7 Å². The predicted molar refractivity (Wildman–Crippen MR) is 95.7 cm³/mol. The van der Waals surface area contributed by atoms with Crippen molar-refractivity contribution in [3.63, 3.8) is 0 Å². The monoisotopic (exact) mass is 387 g/mol. The molecular formula is C18H14BrNO4. The van der Waals surface area contributed by atoms with Crippen molar-refractivity contribution in [3.8, 4) is 5.75 Å². The summed E-state index contributed by atoms with van der Waals surface area (Å²) in [4.78, 5) is 24.5. The molecule has 0 unspecified atom stereocenters. The number of amides is 1. The van der Waals surface area contributed by atoms with Crippen LogP contribution in [0.4, 0.5) is 5.69 Å². The van der Waals surface area contributed by atoms with Crippen LogP contribution in [-0.4, -0.2) is 12.5 Å². The molecule has 5 nitrogen and oxygen atoms in total. The fourth-order valence-corrected chi connectivity index (χ4v) is 2.66. The molecule has 0 bridgehead atoms. The average molecular weight is 388 g/mol. The van der Waals surface area contributed by atoms with E-state index in [0.29, 0.717) is 29.0 Å². The lowest BCUT2D eigenvalue weighted by molar-refractivity contribution is 0.102. The Labute approximate surface area is 146 Å². The Kier molecular flexibility index (Phi) is 4.66. The smallest absolute Gasteiger partial charge is 0.349 e. The van der Waals surface area contributed by atoms with E-state index in [1.165, 1.54) is 6.07 Å². The highest BCUT2D eigenvalue weighted by Gasteiger charge is 2.14. The Morgan fingerprint density at radius 3 is 2.83 bits per heavy atom. The van der Waals surface area contributed by atoms with Gasteiger partial charge in [-0.1, -0.05) is 22.0 Å². The van der Waals surface area contributed by atoms with Crippen molar-refractivity contribution in [3.05, 3.63) is 69.0 Å². The first kappa shape index (κ1) is 16.3. The Morgan fingerprint density at radius 1 is 1.21 bits per heavy atom.